The van der Waals surface area contributed by atoms with Gasteiger partial charge in [-0.1, -0.05) is 48.7 Å². The predicted molar refractivity (Wildman–Crippen MR) is 115 cm³/mol. The molecule has 0 bridgehead atoms. The molecule has 3 N–H and O–H groups in total. The van der Waals surface area contributed by atoms with Gasteiger partial charge < -0.3 is 14.6 Å². The number of benzene rings is 2. The first-order valence-corrected chi connectivity index (χ1v) is 10.5. The monoisotopic (exact) mass is 422 g/mol. The van der Waals surface area contributed by atoms with Crippen molar-refractivity contribution >= 4 is 35.2 Å². The van der Waals surface area contributed by atoms with Crippen LogP contribution in [-0.4, -0.2) is 29.9 Å². The van der Waals surface area contributed by atoms with Gasteiger partial charge in [-0.3, -0.25) is 4.79 Å². The summed E-state index contributed by atoms with van der Waals surface area (Å²) in [7, 11) is 2.10. The molecule has 1 aliphatic heterocycles. The molecule has 0 saturated heterocycles. The third-order valence-electron chi connectivity index (χ3n) is 4.41. The lowest BCUT2D eigenvalue weighted by Crippen LogP contribution is -2.08. The van der Waals surface area contributed by atoms with Crippen molar-refractivity contribution in [3.8, 4) is 0 Å². The molecule has 0 saturated carbocycles. The number of carboxylic acid groups (broad SMARTS) is 1. The van der Waals surface area contributed by atoms with Crippen LogP contribution >= 0.6 is 23.5 Å². The molecule has 5 nitrogen and oxygen atoms in total. The smallest absolute Gasteiger partial charge is 0.303 e. The Morgan fingerprint density at radius 3 is 2.64 bits per heavy atom. The Bertz CT molecular complexity index is 773. The topological polar surface area (TPSA) is 72.8 Å². The zero-order chi connectivity index (χ0) is 20.4. The van der Waals surface area contributed by atoms with Gasteiger partial charge in [0.25, 0.3) is 0 Å². The lowest BCUT2D eigenvalue weighted by molar-refractivity contribution is -0.137. The van der Waals surface area contributed by atoms with E-state index in [0.29, 0.717) is 6.54 Å². The normalized spacial score (nSPS) is 12.3. The van der Waals surface area contributed by atoms with Gasteiger partial charge in [0.05, 0.1) is 5.69 Å². The Balaban J connectivity index is 0.000000224. The summed E-state index contributed by atoms with van der Waals surface area (Å²) in [5.41, 5.74) is 6.04. The second kappa shape index (κ2) is 12.0. The number of nitrogens with one attached hydrogen (secondary N) is 1. The number of carboxylic acids is 1. The molecule has 2 aromatic carbocycles. The molecule has 3 rings (SSSR count). The molecule has 0 unspecified atom stereocenters. The van der Waals surface area contributed by atoms with Crippen LogP contribution in [0.4, 0.5) is 5.69 Å². The van der Waals surface area contributed by atoms with Crippen molar-refractivity contribution in [3.05, 3.63) is 58.6 Å². The van der Waals surface area contributed by atoms with Crippen LogP contribution in [0.15, 0.2) is 47.4 Å². The van der Waals surface area contributed by atoms with Crippen LogP contribution in [0.5, 0.6) is 0 Å². The first-order valence-electron chi connectivity index (χ1n) is 9.38. The molecule has 0 spiro atoms. The molecule has 1 aliphatic rings. The van der Waals surface area contributed by atoms with E-state index in [2.05, 4.69) is 47.2 Å². The number of hydrogen-bond donors (Lipinski definition) is 3. The van der Waals surface area contributed by atoms with E-state index in [1.165, 1.54) is 21.7 Å². The first-order chi connectivity index (χ1) is 13.5. The third kappa shape index (κ3) is 7.36. The summed E-state index contributed by atoms with van der Waals surface area (Å²) in [4.78, 5) is 11.3. The molecule has 7 heteroatoms. The predicted octanol–water partition coefficient (Wildman–Crippen LogP) is 5.39. The summed E-state index contributed by atoms with van der Waals surface area (Å²) in [6, 6.07) is 14.7. The van der Waals surface area contributed by atoms with Crippen LogP contribution in [0.2, 0.25) is 5.02 Å². The molecule has 0 fully saturated rings. The van der Waals surface area contributed by atoms with Crippen molar-refractivity contribution in [1.29, 1.82) is 0 Å². The Labute approximate surface area is 175 Å². The van der Waals surface area contributed by atoms with Crippen molar-refractivity contribution in [2.24, 2.45) is 0 Å². The lowest BCUT2D eigenvalue weighted by atomic mass is 10.0. The van der Waals surface area contributed by atoms with Gasteiger partial charge in [-0.05, 0) is 54.1 Å². The SMILES string of the molecule is CN1Sc2cc(Cl)ccc2Cc2ccccc21.O=C(O)CCCCCCNO. The standard InChI is InChI=1S/C14H12ClNS.C7H15NO3/c1-16-13-5-3-2-4-10(13)8-11-6-7-12(15)9-14(11)17-16;9-7(10)5-3-1-2-4-6-8-11/h2-7,9H,8H2,1H3;8,11H,1-6H2,(H,9,10). The maximum atomic E-state index is 10.0. The lowest BCUT2D eigenvalue weighted by Gasteiger charge is -2.17. The summed E-state index contributed by atoms with van der Waals surface area (Å²) >= 11 is 7.80. The van der Waals surface area contributed by atoms with E-state index in [-0.39, 0.29) is 6.42 Å². The number of hydroxylamine groups is 1. The molecule has 1 heterocycles. The fourth-order valence-electron chi connectivity index (χ4n) is 2.96. The summed E-state index contributed by atoms with van der Waals surface area (Å²) in [6.45, 7) is 0.590. The number of halogens is 1. The highest BCUT2D eigenvalue weighted by atomic mass is 35.5. The summed E-state index contributed by atoms with van der Waals surface area (Å²) < 4.78 is 2.21. The second-order valence-corrected chi connectivity index (χ2v) is 8.22. The van der Waals surface area contributed by atoms with Gasteiger partial charge in [0.1, 0.15) is 0 Å². The van der Waals surface area contributed by atoms with Gasteiger partial charge in [-0.15, -0.1) is 0 Å². The Morgan fingerprint density at radius 1 is 1.14 bits per heavy atom. The minimum atomic E-state index is -0.731. The number of fused-ring (bicyclic) bond motifs is 2. The highest BCUT2D eigenvalue weighted by molar-refractivity contribution is 8.00. The molecule has 2 aromatic rings. The van der Waals surface area contributed by atoms with Crippen LogP contribution in [0.25, 0.3) is 0 Å². The zero-order valence-corrected chi connectivity index (χ0v) is 17.6. The molecular weight excluding hydrogens is 396 g/mol. The van der Waals surface area contributed by atoms with E-state index in [0.717, 1.165) is 37.1 Å². The number of nitrogens with zero attached hydrogens (tertiary/aromatic N) is 1. The van der Waals surface area contributed by atoms with Gasteiger partial charge in [0.15, 0.2) is 0 Å². The van der Waals surface area contributed by atoms with Gasteiger partial charge in [0.2, 0.25) is 0 Å². The molecule has 0 aliphatic carbocycles. The quantitative estimate of drug-likeness (QED) is 0.315. The van der Waals surface area contributed by atoms with E-state index in [1.807, 2.05) is 12.1 Å². The zero-order valence-electron chi connectivity index (χ0n) is 16.0. The largest absolute Gasteiger partial charge is 0.481 e. The summed E-state index contributed by atoms with van der Waals surface area (Å²) in [6.07, 6.45) is 4.76. The number of hydrogen-bond acceptors (Lipinski definition) is 5. The summed E-state index contributed by atoms with van der Waals surface area (Å²) in [5, 5.41) is 17.2. The van der Waals surface area contributed by atoms with E-state index in [9.17, 15) is 4.79 Å². The fraction of sp³-hybridized carbons (Fsp3) is 0.381. The van der Waals surface area contributed by atoms with Crippen LogP contribution in [0.1, 0.15) is 43.2 Å². The minimum Gasteiger partial charge on any atom is -0.481 e. The van der Waals surface area contributed by atoms with E-state index >= 15 is 0 Å². The van der Waals surface area contributed by atoms with Gasteiger partial charge in [0, 0.05) is 36.4 Å². The average Bonchev–Trinajstić information content (AvgIpc) is 2.80. The van der Waals surface area contributed by atoms with Crippen molar-refractivity contribution in [2.45, 2.75) is 43.4 Å². The Hall–Kier alpha value is -1.73. The molecule has 0 radical (unpaired) electrons. The van der Waals surface area contributed by atoms with E-state index < -0.39 is 5.97 Å². The van der Waals surface area contributed by atoms with E-state index in [4.69, 9.17) is 21.9 Å². The number of unbranched alkanes of at least 4 members (excludes halogenated alkanes) is 3. The van der Waals surface area contributed by atoms with Crippen molar-refractivity contribution in [3.63, 3.8) is 0 Å². The van der Waals surface area contributed by atoms with Crippen molar-refractivity contribution in [2.75, 3.05) is 17.9 Å². The fourth-order valence-corrected chi connectivity index (χ4v) is 4.21. The molecule has 28 heavy (non-hydrogen) atoms. The first kappa shape index (κ1) is 22.6. The van der Waals surface area contributed by atoms with E-state index in [1.54, 1.807) is 11.9 Å². The maximum absolute atomic E-state index is 10.0. The molecule has 0 atom stereocenters. The van der Waals surface area contributed by atoms with Gasteiger partial charge in [-0.2, -0.15) is 0 Å². The molecular formula is C21H27ClN2O3S. The maximum Gasteiger partial charge on any atom is 0.303 e. The molecule has 0 amide bonds. The number of anilines is 1. The van der Waals surface area contributed by atoms with Crippen molar-refractivity contribution < 1.29 is 15.1 Å². The van der Waals surface area contributed by atoms with Crippen LogP contribution in [-0.2, 0) is 11.2 Å². The van der Waals surface area contributed by atoms with Gasteiger partial charge in [-0.25, -0.2) is 5.48 Å². The Kier molecular flexibility index (Phi) is 9.64. The number of para-hydroxylation sites is 1. The minimum absolute atomic E-state index is 0.257. The van der Waals surface area contributed by atoms with Crippen LogP contribution in [0, 0.1) is 0 Å². The van der Waals surface area contributed by atoms with Crippen LogP contribution < -0.4 is 9.79 Å². The molecule has 0 aromatic heterocycles. The third-order valence-corrected chi connectivity index (χ3v) is 5.69. The number of aliphatic carboxylic acids is 1. The van der Waals surface area contributed by atoms with Crippen LogP contribution in [0.3, 0.4) is 0 Å². The second-order valence-electron chi connectivity index (χ2n) is 6.61. The average molecular weight is 423 g/mol. The summed E-state index contributed by atoms with van der Waals surface area (Å²) in [5.74, 6) is -0.731. The highest BCUT2D eigenvalue weighted by Crippen LogP contribution is 2.38. The highest BCUT2D eigenvalue weighted by Gasteiger charge is 2.17. The van der Waals surface area contributed by atoms with Gasteiger partial charge >= 0.3 is 5.97 Å². The number of rotatable bonds is 7. The Morgan fingerprint density at radius 2 is 1.89 bits per heavy atom. The number of carbonyl (C=O) groups is 1. The van der Waals surface area contributed by atoms with Crippen molar-refractivity contribution in [1.82, 2.24) is 5.48 Å². The molecule has 152 valence electrons.